The van der Waals surface area contributed by atoms with Crippen LogP contribution in [-0.4, -0.2) is 11.1 Å². The molecule has 1 N–H and O–H groups in total. The van der Waals surface area contributed by atoms with Crippen molar-refractivity contribution in [3.8, 4) is 11.3 Å². The molecule has 0 spiro atoms. The molecule has 0 unspecified atom stereocenters. The molecule has 1 aromatic heterocycles. The third kappa shape index (κ3) is 3.88. The molecule has 0 aliphatic rings. The second-order valence-corrected chi connectivity index (χ2v) is 5.80. The molecule has 0 aliphatic heterocycles. The summed E-state index contributed by atoms with van der Waals surface area (Å²) in [6.45, 7) is 0. The van der Waals surface area contributed by atoms with Gasteiger partial charge in [-0.1, -0.05) is 28.1 Å². The zero-order valence-electron chi connectivity index (χ0n) is 12.3. The number of nitrogens with zero attached hydrogens (tertiary/aromatic N) is 2. The maximum atomic E-state index is 10.6. The summed E-state index contributed by atoms with van der Waals surface area (Å²) >= 11 is 3.43. The number of benzene rings is 2. The van der Waals surface area contributed by atoms with Crippen LogP contribution in [0.25, 0.3) is 11.3 Å². The first-order valence-electron chi connectivity index (χ1n) is 7.01. The lowest BCUT2D eigenvalue weighted by Gasteiger charge is -1.99. The third-order valence-corrected chi connectivity index (χ3v) is 3.69. The summed E-state index contributed by atoms with van der Waals surface area (Å²) in [7, 11) is 0. The van der Waals surface area contributed by atoms with Crippen molar-refractivity contribution in [1.29, 1.82) is 0 Å². The van der Waals surface area contributed by atoms with Crippen LogP contribution < -0.4 is 5.43 Å². The molecule has 3 rings (SSSR count). The predicted octanol–water partition coefficient (Wildman–Crippen LogP) is 5.06. The second kappa shape index (κ2) is 7.10. The minimum absolute atomic E-state index is 0.0363. The zero-order chi connectivity index (χ0) is 16.9. The van der Waals surface area contributed by atoms with Gasteiger partial charge in [-0.15, -0.1) is 0 Å². The molecule has 0 fully saturated rings. The molecular weight excluding hydrogens is 374 g/mol. The summed E-state index contributed by atoms with van der Waals surface area (Å²) in [6.07, 6.45) is 1.54. The predicted molar refractivity (Wildman–Crippen MR) is 96.2 cm³/mol. The molecule has 3 aromatic rings. The van der Waals surface area contributed by atoms with E-state index in [9.17, 15) is 10.1 Å². The molecule has 0 aliphatic carbocycles. The molecule has 0 bridgehead atoms. The van der Waals surface area contributed by atoms with Crippen LogP contribution in [0, 0.1) is 10.1 Å². The molecule has 0 saturated heterocycles. The van der Waals surface area contributed by atoms with Crippen LogP contribution in [0.15, 0.2) is 74.7 Å². The Morgan fingerprint density at radius 1 is 1.12 bits per heavy atom. The van der Waals surface area contributed by atoms with E-state index >= 15 is 0 Å². The molecule has 7 heteroatoms. The minimum atomic E-state index is -0.445. The van der Waals surface area contributed by atoms with Crippen molar-refractivity contribution >= 4 is 33.5 Å². The van der Waals surface area contributed by atoms with Gasteiger partial charge in [0, 0.05) is 22.2 Å². The Hall–Kier alpha value is -2.93. The first-order valence-corrected chi connectivity index (χ1v) is 7.80. The van der Waals surface area contributed by atoms with Crippen LogP contribution in [0.4, 0.5) is 11.4 Å². The van der Waals surface area contributed by atoms with E-state index < -0.39 is 4.92 Å². The number of nitro groups is 1. The highest BCUT2D eigenvalue weighted by molar-refractivity contribution is 9.10. The molecule has 0 amide bonds. The van der Waals surface area contributed by atoms with Crippen molar-refractivity contribution in [2.75, 3.05) is 5.43 Å². The van der Waals surface area contributed by atoms with E-state index in [0.29, 0.717) is 11.4 Å². The highest BCUT2D eigenvalue weighted by atomic mass is 79.9. The minimum Gasteiger partial charge on any atom is -0.455 e. The topological polar surface area (TPSA) is 80.7 Å². The molecule has 24 heavy (non-hydrogen) atoms. The van der Waals surface area contributed by atoms with Crippen molar-refractivity contribution in [3.63, 3.8) is 0 Å². The van der Waals surface area contributed by atoms with Crippen LogP contribution >= 0.6 is 15.9 Å². The highest BCUT2D eigenvalue weighted by Crippen LogP contribution is 2.24. The first kappa shape index (κ1) is 15.9. The van der Waals surface area contributed by atoms with E-state index in [0.717, 1.165) is 15.8 Å². The summed E-state index contributed by atoms with van der Waals surface area (Å²) in [5.74, 6) is 1.34. The molecule has 0 atom stereocenters. The van der Waals surface area contributed by atoms with Crippen molar-refractivity contribution in [1.82, 2.24) is 0 Å². The number of nitrogens with one attached hydrogen (secondary N) is 1. The largest absolute Gasteiger partial charge is 0.455 e. The second-order valence-electron chi connectivity index (χ2n) is 4.89. The Kier molecular flexibility index (Phi) is 4.72. The van der Waals surface area contributed by atoms with Gasteiger partial charge in [0.25, 0.3) is 5.69 Å². The van der Waals surface area contributed by atoms with Crippen LogP contribution in [-0.2, 0) is 0 Å². The summed E-state index contributed by atoms with van der Waals surface area (Å²) in [5, 5.41) is 14.7. The molecule has 0 saturated carbocycles. The van der Waals surface area contributed by atoms with E-state index in [-0.39, 0.29) is 5.69 Å². The van der Waals surface area contributed by atoms with Gasteiger partial charge in [0.15, 0.2) is 0 Å². The van der Waals surface area contributed by atoms with Gasteiger partial charge in [-0.05, 0) is 36.4 Å². The van der Waals surface area contributed by atoms with Crippen molar-refractivity contribution in [3.05, 3.63) is 81.0 Å². The Morgan fingerprint density at radius 2 is 1.92 bits per heavy atom. The lowest BCUT2D eigenvalue weighted by atomic mass is 10.2. The van der Waals surface area contributed by atoms with Gasteiger partial charge < -0.3 is 4.42 Å². The molecule has 2 aromatic carbocycles. The van der Waals surface area contributed by atoms with Gasteiger partial charge in [-0.25, -0.2) is 0 Å². The van der Waals surface area contributed by atoms with E-state index in [1.807, 2.05) is 36.4 Å². The Bertz CT molecular complexity index is 888. The van der Waals surface area contributed by atoms with Gasteiger partial charge >= 0.3 is 0 Å². The van der Waals surface area contributed by atoms with Crippen molar-refractivity contribution in [2.45, 2.75) is 0 Å². The average molecular weight is 386 g/mol. The number of anilines is 1. The first-order chi connectivity index (χ1) is 11.6. The SMILES string of the molecule is O=[N+]([O-])c1ccc(NN=Cc2ccc(-c3cccc(Br)c3)o2)cc1. The highest BCUT2D eigenvalue weighted by Gasteiger charge is 2.04. The van der Waals surface area contributed by atoms with E-state index in [1.54, 1.807) is 18.3 Å². The fraction of sp³-hybridized carbons (Fsp3) is 0. The summed E-state index contributed by atoms with van der Waals surface area (Å²) in [4.78, 5) is 10.1. The van der Waals surface area contributed by atoms with Gasteiger partial charge in [0.05, 0.1) is 16.8 Å². The number of hydrogen-bond donors (Lipinski definition) is 1. The van der Waals surface area contributed by atoms with Crippen molar-refractivity contribution in [2.24, 2.45) is 5.10 Å². The Balaban J connectivity index is 1.66. The van der Waals surface area contributed by atoms with Gasteiger partial charge in [-0.3, -0.25) is 15.5 Å². The van der Waals surface area contributed by atoms with E-state index in [2.05, 4.69) is 26.5 Å². The summed E-state index contributed by atoms with van der Waals surface area (Å²) < 4.78 is 6.69. The number of non-ortho nitro benzene ring substituents is 1. The number of halogens is 1. The lowest BCUT2D eigenvalue weighted by Crippen LogP contribution is -1.91. The molecular formula is C17H12BrN3O3. The summed E-state index contributed by atoms with van der Waals surface area (Å²) in [5.41, 5.74) is 4.45. The zero-order valence-corrected chi connectivity index (χ0v) is 13.9. The Labute approximate surface area is 146 Å². The van der Waals surface area contributed by atoms with Gasteiger partial charge in [0.1, 0.15) is 11.5 Å². The monoisotopic (exact) mass is 385 g/mol. The molecule has 1 heterocycles. The Morgan fingerprint density at radius 3 is 2.62 bits per heavy atom. The number of hydrazone groups is 1. The lowest BCUT2D eigenvalue weighted by molar-refractivity contribution is -0.384. The fourth-order valence-electron chi connectivity index (χ4n) is 2.05. The third-order valence-electron chi connectivity index (χ3n) is 3.20. The van der Waals surface area contributed by atoms with Crippen molar-refractivity contribution < 1.29 is 9.34 Å². The maximum absolute atomic E-state index is 10.6. The molecule has 120 valence electrons. The molecule has 0 radical (unpaired) electrons. The quantitative estimate of drug-likeness (QED) is 0.377. The van der Waals surface area contributed by atoms with Gasteiger partial charge in [0.2, 0.25) is 0 Å². The summed E-state index contributed by atoms with van der Waals surface area (Å²) in [6, 6.07) is 17.5. The number of nitro benzene ring substituents is 1. The van der Waals surface area contributed by atoms with Gasteiger partial charge in [-0.2, -0.15) is 5.10 Å². The molecule has 6 nitrogen and oxygen atoms in total. The maximum Gasteiger partial charge on any atom is 0.269 e. The number of furan rings is 1. The number of hydrogen-bond acceptors (Lipinski definition) is 5. The normalized spacial score (nSPS) is 10.9. The van der Waals surface area contributed by atoms with E-state index in [4.69, 9.17) is 4.42 Å². The van der Waals surface area contributed by atoms with Crippen LogP contribution in [0.3, 0.4) is 0 Å². The number of rotatable bonds is 5. The van der Waals surface area contributed by atoms with Crippen LogP contribution in [0.1, 0.15) is 5.76 Å². The average Bonchev–Trinajstić information content (AvgIpc) is 3.04. The fourth-order valence-corrected chi connectivity index (χ4v) is 2.45. The van der Waals surface area contributed by atoms with Crippen LogP contribution in [0.2, 0.25) is 0 Å². The standard InChI is InChI=1S/C17H12BrN3O3/c18-13-3-1-2-12(10-13)17-9-8-16(24-17)11-19-20-14-4-6-15(7-5-14)21(22)23/h1-11,20H. The smallest absolute Gasteiger partial charge is 0.269 e. The van der Waals surface area contributed by atoms with E-state index in [1.165, 1.54) is 12.1 Å². The van der Waals surface area contributed by atoms with Crippen LogP contribution in [0.5, 0.6) is 0 Å².